The Morgan fingerprint density at radius 3 is 1.70 bits per heavy atom. The molecule has 6 heterocycles. The number of hydrogen-bond acceptors (Lipinski definition) is 2. The Kier molecular flexibility index (Phi) is 7.54. The molecule has 64 heavy (non-hydrogen) atoms. The molecule has 0 fully saturated rings. The number of aryl methyl sites for hydroxylation is 6. The van der Waals surface area contributed by atoms with Crippen LogP contribution in [0.5, 0.6) is 11.5 Å². The monoisotopic (exact) mass is 935 g/mol. The van der Waals surface area contributed by atoms with Gasteiger partial charge in [0.2, 0.25) is 0 Å². The van der Waals surface area contributed by atoms with Gasteiger partial charge in [-0.15, -0.1) is 0 Å². The predicted molar refractivity (Wildman–Crippen MR) is 281 cm³/mol. The second-order valence-electron chi connectivity index (χ2n) is 19.3. The number of nitrogens with zero attached hydrogens (tertiary/aromatic N) is 3. The van der Waals surface area contributed by atoms with Crippen molar-refractivity contribution in [3.05, 3.63) is 158 Å². The lowest BCUT2D eigenvalue weighted by molar-refractivity contribution is 0.486. The van der Waals surface area contributed by atoms with E-state index >= 15 is 0 Å². The molecule has 0 atom stereocenters. The zero-order valence-electron chi connectivity index (χ0n) is 37.0. The SMILES string of the molecule is CCCCc1cc2c3c(c1)-n1c4ccc(C)cc4c4cc(C)cc(c41)B3c1cc3c(cc1O2)N(c1ccc(C)cc1)c1cc(I)cc2c1B3c1cc(C)cc3c4cc(C)ccc4n-2c13. The van der Waals surface area contributed by atoms with Crippen molar-refractivity contribution in [1.29, 1.82) is 0 Å². The van der Waals surface area contributed by atoms with E-state index in [0.717, 1.165) is 36.4 Å². The molecule has 4 aliphatic heterocycles. The lowest BCUT2D eigenvalue weighted by Crippen LogP contribution is -2.63. The summed E-state index contributed by atoms with van der Waals surface area (Å²) in [7, 11) is 0. The minimum Gasteiger partial charge on any atom is -0.458 e. The number of fused-ring (bicyclic) bond motifs is 14. The van der Waals surface area contributed by atoms with Gasteiger partial charge in [0.25, 0.3) is 13.4 Å². The van der Waals surface area contributed by atoms with Crippen LogP contribution in [-0.4, -0.2) is 22.6 Å². The Morgan fingerprint density at radius 1 is 0.484 bits per heavy atom. The Labute approximate surface area is 387 Å². The van der Waals surface area contributed by atoms with E-state index in [1.165, 1.54) is 136 Å². The second-order valence-corrected chi connectivity index (χ2v) is 20.5. The largest absolute Gasteiger partial charge is 0.458 e. The molecular formula is C57H44B2IN3O. The Morgan fingerprint density at radius 2 is 1.06 bits per heavy atom. The summed E-state index contributed by atoms with van der Waals surface area (Å²) in [4.78, 5) is 2.54. The van der Waals surface area contributed by atoms with Gasteiger partial charge in [-0.05, 0) is 181 Å². The van der Waals surface area contributed by atoms with Crippen molar-refractivity contribution in [3.63, 3.8) is 0 Å². The van der Waals surface area contributed by atoms with Crippen molar-refractivity contribution >= 4 is 129 Å². The zero-order chi connectivity index (χ0) is 43.0. The van der Waals surface area contributed by atoms with Crippen molar-refractivity contribution in [3.8, 4) is 22.9 Å². The zero-order valence-corrected chi connectivity index (χ0v) is 39.1. The van der Waals surface area contributed by atoms with Crippen LogP contribution < -0.4 is 42.4 Å². The van der Waals surface area contributed by atoms with Crippen LogP contribution in [0, 0.1) is 38.2 Å². The van der Waals surface area contributed by atoms with Crippen molar-refractivity contribution in [2.75, 3.05) is 4.90 Å². The molecule has 0 saturated heterocycles. The molecule has 14 rings (SSSR count). The molecule has 4 nitrogen and oxygen atoms in total. The maximum absolute atomic E-state index is 7.42. The van der Waals surface area contributed by atoms with Crippen molar-refractivity contribution < 1.29 is 4.74 Å². The highest BCUT2D eigenvalue weighted by Crippen LogP contribution is 2.45. The molecule has 306 valence electrons. The quantitative estimate of drug-likeness (QED) is 0.130. The van der Waals surface area contributed by atoms with Gasteiger partial charge in [0.1, 0.15) is 11.5 Å². The third-order valence-corrected chi connectivity index (χ3v) is 15.6. The van der Waals surface area contributed by atoms with E-state index < -0.39 is 0 Å². The lowest BCUT2D eigenvalue weighted by atomic mass is 9.31. The van der Waals surface area contributed by atoms with Crippen LogP contribution in [0.4, 0.5) is 17.1 Å². The highest BCUT2D eigenvalue weighted by Gasteiger charge is 2.46. The number of anilines is 3. The first-order valence-electron chi connectivity index (χ1n) is 23.0. The number of ether oxygens (including phenoxy) is 1. The maximum Gasteiger partial charge on any atom is 0.256 e. The molecule has 0 spiro atoms. The number of benzene rings is 8. The molecule has 7 heteroatoms. The van der Waals surface area contributed by atoms with Crippen LogP contribution >= 0.6 is 22.6 Å². The smallest absolute Gasteiger partial charge is 0.256 e. The van der Waals surface area contributed by atoms with Gasteiger partial charge in [0, 0.05) is 70.7 Å². The highest BCUT2D eigenvalue weighted by atomic mass is 127. The molecule has 0 bridgehead atoms. The van der Waals surface area contributed by atoms with Crippen LogP contribution in [0.25, 0.3) is 55.0 Å². The molecule has 0 unspecified atom stereocenters. The van der Waals surface area contributed by atoms with Crippen LogP contribution in [0.1, 0.15) is 53.1 Å². The van der Waals surface area contributed by atoms with E-state index in [-0.39, 0.29) is 13.4 Å². The van der Waals surface area contributed by atoms with Gasteiger partial charge in [-0.3, -0.25) is 0 Å². The Hall–Kier alpha value is -6.18. The average Bonchev–Trinajstić information content (AvgIpc) is 3.77. The van der Waals surface area contributed by atoms with E-state index in [2.05, 4.69) is 199 Å². The molecular weight excluding hydrogens is 891 g/mol. The van der Waals surface area contributed by atoms with Crippen molar-refractivity contribution in [1.82, 2.24) is 9.13 Å². The third kappa shape index (κ3) is 4.86. The number of hydrogen-bond donors (Lipinski definition) is 0. The average molecular weight is 936 g/mol. The van der Waals surface area contributed by atoms with Crippen molar-refractivity contribution in [2.45, 2.75) is 60.8 Å². The van der Waals surface area contributed by atoms with Gasteiger partial charge in [-0.2, -0.15) is 0 Å². The number of halogens is 1. The standard InChI is InChI=1S/C57H44B2IN3O/c1-7-8-9-35-24-49-55-53(25-35)64-52-29-48-42(28-43(52)59(55)45-23-34(6)21-41-38-18-31(3)12-16-46(38)62(49)57(41)45)58-44-22-33(5)20-40-39-19-32(4)13-17-47(39)63(56(40)44)51-27-36(60)26-50(54(51)58)61(48)37-14-10-30(2)11-15-37/h10-29H,7-9H2,1-6H3. The minimum atomic E-state index is 0.000502. The summed E-state index contributed by atoms with van der Waals surface area (Å²) in [5, 5.41) is 5.31. The molecule has 0 radical (unpaired) electrons. The van der Waals surface area contributed by atoms with Crippen LogP contribution in [-0.2, 0) is 6.42 Å². The summed E-state index contributed by atoms with van der Waals surface area (Å²) >= 11 is 2.55. The first-order valence-corrected chi connectivity index (χ1v) is 24.1. The molecule has 8 aromatic carbocycles. The van der Waals surface area contributed by atoms with Crippen molar-refractivity contribution in [2.24, 2.45) is 0 Å². The first-order chi connectivity index (χ1) is 31.1. The van der Waals surface area contributed by atoms with Gasteiger partial charge < -0.3 is 18.8 Å². The van der Waals surface area contributed by atoms with E-state index in [0.29, 0.717) is 0 Å². The normalized spacial score (nSPS) is 13.8. The second kappa shape index (κ2) is 13.0. The summed E-state index contributed by atoms with van der Waals surface area (Å²) in [6.07, 6.45) is 3.31. The fraction of sp³-hybridized carbons (Fsp3) is 0.158. The molecule has 10 aromatic rings. The van der Waals surface area contributed by atoms with Gasteiger partial charge in [0.15, 0.2) is 0 Å². The topological polar surface area (TPSA) is 22.3 Å². The summed E-state index contributed by atoms with van der Waals surface area (Å²) in [6, 6.07) is 47.6. The van der Waals surface area contributed by atoms with E-state index in [4.69, 9.17) is 4.74 Å². The number of rotatable bonds is 4. The molecule has 0 aliphatic carbocycles. The molecule has 2 aromatic heterocycles. The summed E-state index contributed by atoms with van der Waals surface area (Å²) in [5.41, 5.74) is 27.0. The minimum absolute atomic E-state index is 0.000502. The van der Waals surface area contributed by atoms with Gasteiger partial charge in [-0.1, -0.05) is 83.6 Å². The Bertz CT molecular complexity index is 3780. The van der Waals surface area contributed by atoms with Crippen LogP contribution in [0.15, 0.2) is 121 Å². The van der Waals surface area contributed by atoms with Gasteiger partial charge in [-0.25, -0.2) is 0 Å². The van der Waals surface area contributed by atoms with Crippen LogP contribution in [0.2, 0.25) is 0 Å². The first kappa shape index (κ1) is 37.2. The van der Waals surface area contributed by atoms with Gasteiger partial charge in [0.05, 0.1) is 11.0 Å². The molecule has 4 aliphatic rings. The summed E-state index contributed by atoms with van der Waals surface area (Å²) in [6.45, 7) is 13.5. The van der Waals surface area contributed by atoms with E-state index in [1.54, 1.807) is 0 Å². The van der Waals surface area contributed by atoms with E-state index in [1.807, 2.05) is 0 Å². The lowest BCUT2D eigenvalue weighted by Gasteiger charge is -2.42. The summed E-state index contributed by atoms with van der Waals surface area (Å²) in [5.74, 6) is 1.94. The predicted octanol–water partition coefficient (Wildman–Crippen LogP) is 10.9. The third-order valence-electron chi connectivity index (χ3n) is 14.9. The molecule has 0 saturated carbocycles. The maximum atomic E-state index is 7.42. The fourth-order valence-corrected chi connectivity index (χ4v) is 12.9. The van der Waals surface area contributed by atoms with Gasteiger partial charge >= 0.3 is 0 Å². The Balaban J connectivity index is 1.12. The molecule has 0 amide bonds. The number of aromatic nitrogens is 2. The van der Waals surface area contributed by atoms with Crippen LogP contribution in [0.3, 0.4) is 0 Å². The summed E-state index contributed by atoms with van der Waals surface area (Å²) < 4.78 is 13.8. The number of unbranched alkanes of at least 4 members (excludes halogenated alkanes) is 1. The highest BCUT2D eigenvalue weighted by molar-refractivity contribution is 14.1. The molecule has 0 N–H and O–H groups in total. The fourth-order valence-electron chi connectivity index (χ4n) is 12.4. The van der Waals surface area contributed by atoms with E-state index in [9.17, 15) is 0 Å².